The van der Waals surface area contributed by atoms with Crippen molar-refractivity contribution in [2.24, 2.45) is 0 Å². The third-order valence-electron chi connectivity index (χ3n) is 3.83. The van der Waals surface area contributed by atoms with Crippen LogP contribution in [0, 0.1) is 0 Å². The van der Waals surface area contributed by atoms with Gasteiger partial charge in [0.05, 0.1) is 0 Å². The average molecular weight is 407 g/mol. The Kier molecular flexibility index (Phi) is 5.35. The van der Waals surface area contributed by atoms with Crippen LogP contribution in [0.2, 0.25) is 5.02 Å². The normalized spacial score (nSPS) is 10.4. The molecule has 0 spiro atoms. The molecule has 0 saturated carbocycles. The molecule has 0 bridgehead atoms. The molecular weight excluding hydrogens is 392 g/mol. The van der Waals surface area contributed by atoms with Crippen molar-refractivity contribution in [2.75, 3.05) is 10.6 Å². The Bertz CT molecular complexity index is 1100. The number of rotatable bonds is 5. The minimum atomic E-state index is -0.359. The third-order valence-corrected chi connectivity index (χ3v) is 4.09. The number of hydrogen-bond donors (Lipinski definition) is 2. The van der Waals surface area contributed by atoms with Crippen LogP contribution in [0.3, 0.4) is 0 Å². The minimum absolute atomic E-state index is 0.359. The molecule has 2 amide bonds. The number of hydrogen-bond acceptors (Lipinski definition) is 5. The number of halogens is 1. The molecule has 8 nitrogen and oxygen atoms in total. The van der Waals surface area contributed by atoms with E-state index < -0.39 is 0 Å². The van der Waals surface area contributed by atoms with E-state index >= 15 is 0 Å². The standard InChI is InChI=1S/C20H15ClN6O2/c21-14-1-3-15(4-2-14)25-20(28)26-16-5-7-17(8-6-16)29-19-11-18(23-12-24-19)27-10-9-22-13-27/h1-13H,(H2,25,26,28). The predicted octanol–water partition coefficient (Wildman–Crippen LogP) is 4.75. The van der Waals surface area contributed by atoms with Crippen molar-refractivity contribution in [3.63, 3.8) is 0 Å². The van der Waals surface area contributed by atoms with Gasteiger partial charge in [-0.1, -0.05) is 11.6 Å². The fourth-order valence-corrected chi connectivity index (χ4v) is 2.60. The van der Waals surface area contributed by atoms with Crippen LogP contribution in [0.4, 0.5) is 16.2 Å². The Morgan fingerprint density at radius 3 is 2.31 bits per heavy atom. The molecule has 2 N–H and O–H groups in total. The van der Waals surface area contributed by atoms with E-state index in [1.54, 1.807) is 77.9 Å². The maximum Gasteiger partial charge on any atom is 0.323 e. The van der Waals surface area contributed by atoms with E-state index in [0.29, 0.717) is 33.8 Å². The van der Waals surface area contributed by atoms with E-state index in [0.717, 1.165) is 0 Å². The highest BCUT2D eigenvalue weighted by molar-refractivity contribution is 6.30. The van der Waals surface area contributed by atoms with Crippen LogP contribution < -0.4 is 15.4 Å². The quantitative estimate of drug-likeness (QED) is 0.498. The summed E-state index contributed by atoms with van der Waals surface area (Å²) in [5, 5.41) is 6.08. The van der Waals surface area contributed by atoms with Gasteiger partial charge in [0.25, 0.3) is 0 Å². The summed E-state index contributed by atoms with van der Waals surface area (Å²) in [5.41, 5.74) is 1.26. The Balaban J connectivity index is 1.37. The molecule has 4 rings (SSSR count). The second-order valence-electron chi connectivity index (χ2n) is 5.90. The van der Waals surface area contributed by atoms with Crippen molar-refractivity contribution in [3.8, 4) is 17.4 Å². The van der Waals surface area contributed by atoms with Crippen LogP contribution >= 0.6 is 11.6 Å². The Labute approximate surface area is 171 Å². The number of urea groups is 1. The smallest absolute Gasteiger partial charge is 0.323 e. The maximum absolute atomic E-state index is 12.1. The second kappa shape index (κ2) is 8.41. The first-order valence-corrected chi connectivity index (χ1v) is 8.95. The molecule has 0 saturated heterocycles. The van der Waals surface area contributed by atoms with E-state index in [2.05, 4.69) is 25.6 Å². The summed E-state index contributed by atoms with van der Waals surface area (Å²) in [6, 6.07) is 15.1. The molecule has 0 aliphatic carbocycles. The topological polar surface area (TPSA) is 94.0 Å². The average Bonchev–Trinajstić information content (AvgIpc) is 3.26. The number of carbonyl (C=O) groups is 1. The molecule has 9 heteroatoms. The highest BCUT2D eigenvalue weighted by Gasteiger charge is 2.06. The summed E-state index contributed by atoms with van der Waals surface area (Å²) in [6.45, 7) is 0. The fraction of sp³-hybridized carbons (Fsp3) is 0. The van der Waals surface area contributed by atoms with Gasteiger partial charge in [-0.05, 0) is 48.5 Å². The molecule has 0 radical (unpaired) electrons. The number of aromatic nitrogens is 4. The molecule has 0 aliphatic heterocycles. The van der Waals surface area contributed by atoms with Crippen LogP contribution in [0.25, 0.3) is 5.82 Å². The lowest BCUT2D eigenvalue weighted by Gasteiger charge is -2.09. The zero-order chi connectivity index (χ0) is 20.1. The number of imidazole rings is 1. The first kappa shape index (κ1) is 18.5. The summed E-state index contributed by atoms with van der Waals surface area (Å²) in [6.07, 6.45) is 6.50. The van der Waals surface area contributed by atoms with Crippen molar-refractivity contribution < 1.29 is 9.53 Å². The number of benzene rings is 2. The number of nitrogens with one attached hydrogen (secondary N) is 2. The van der Waals surface area contributed by atoms with Crippen LogP contribution in [0.15, 0.2) is 79.6 Å². The van der Waals surface area contributed by atoms with Gasteiger partial charge in [0.2, 0.25) is 5.88 Å². The highest BCUT2D eigenvalue weighted by Crippen LogP contribution is 2.22. The molecule has 2 heterocycles. The van der Waals surface area contributed by atoms with E-state index in [-0.39, 0.29) is 6.03 Å². The van der Waals surface area contributed by atoms with Gasteiger partial charge in [-0.2, -0.15) is 0 Å². The molecule has 4 aromatic rings. The largest absolute Gasteiger partial charge is 0.439 e. The fourth-order valence-electron chi connectivity index (χ4n) is 2.48. The zero-order valence-electron chi connectivity index (χ0n) is 15.0. The number of nitrogens with zero attached hydrogens (tertiary/aromatic N) is 4. The summed E-state index contributed by atoms with van der Waals surface area (Å²) in [7, 11) is 0. The monoisotopic (exact) mass is 406 g/mol. The molecular formula is C20H15ClN6O2. The number of anilines is 2. The van der Waals surface area contributed by atoms with Gasteiger partial charge in [-0.3, -0.25) is 4.57 Å². The van der Waals surface area contributed by atoms with Gasteiger partial charge in [-0.25, -0.2) is 19.7 Å². The molecule has 0 atom stereocenters. The van der Waals surface area contributed by atoms with Gasteiger partial charge >= 0.3 is 6.03 Å². The molecule has 0 unspecified atom stereocenters. The maximum atomic E-state index is 12.1. The Morgan fingerprint density at radius 1 is 0.966 bits per heavy atom. The summed E-state index contributed by atoms with van der Waals surface area (Å²) in [4.78, 5) is 24.4. The van der Waals surface area contributed by atoms with Crippen molar-refractivity contribution >= 4 is 29.0 Å². The van der Waals surface area contributed by atoms with Gasteiger partial charge in [0.15, 0.2) is 0 Å². The third kappa shape index (κ3) is 4.88. The van der Waals surface area contributed by atoms with Crippen molar-refractivity contribution in [1.82, 2.24) is 19.5 Å². The first-order valence-electron chi connectivity index (χ1n) is 8.57. The van der Waals surface area contributed by atoms with Crippen molar-refractivity contribution in [1.29, 1.82) is 0 Å². The molecule has 2 aromatic carbocycles. The second-order valence-corrected chi connectivity index (χ2v) is 6.33. The van der Waals surface area contributed by atoms with Crippen molar-refractivity contribution in [3.05, 3.63) is 84.7 Å². The minimum Gasteiger partial charge on any atom is -0.439 e. The molecule has 144 valence electrons. The lowest BCUT2D eigenvalue weighted by atomic mass is 10.3. The Hall–Kier alpha value is -3.91. The van der Waals surface area contributed by atoms with Gasteiger partial charge in [0.1, 0.15) is 24.2 Å². The Morgan fingerprint density at radius 2 is 1.66 bits per heavy atom. The number of amides is 2. The van der Waals surface area contributed by atoms with E-state index in [1.165, 1.54) is 6.33 Å². The molecule has 0 aliphatic rings. The summed E-state index contributed by atoms with van der Waals surface area (Å²) >= 11 is 5.83. The SMILES string of the molecule is O=C(Nc1ccc(Cl)cc1)Nc1ccc(Oc2cc(-n3ccnc3)ncn2)cc1. The van der Waals surface area contributed by atoms with Crippen LogP contribution in [0.1, 0.15) is 0 Å². The van der Waals surface area contributed by atoms with Crippen molar-refractivity contribution in [2.45, 2.75) is 0 Å². The van der Waals surface area contributed by atoms with Crippen LogP contribution in [-0.2, 0) is 0 Å². The molecule has 29 heavy (non-hydrogen) atoms. The van der Waals surface area contributed by atoms with E-state index in [1.807, 2.05) is 0 Å². The number of ether oxygens (including phenoxy) is 1. The first-order chi connectivity index (χ1) is 14.2. The van der Waals surface area contributed by atoms with Crippen LogP contribution in [0.5, 0.6) is 11.6 Å². The molecule has 0 fully saturated rings. The predicted molar refractivity (Wildman–Crippen MR) is 110 cm³/mol. The summed E-state index contributed by atoms with van der Waals surface area (Å²) in [5.74, 6) is 1.61. The van der Waals surface area contributed by atoms with E-state index in [9.17, 15) is 4.79 Å². The highest BCUT2D eigenvalue weighted by atomic mass is 35.5. The summed E-state index contributed by atoms with van der Waals surface area (Å²) < 4.78 is 7.51. The lowest BCUT2D eigenvalue weighted by molar-refractivity contribution is 0.262. The lowest BCUT2D eigenvalue weighted by Crippen LogP contribution is -2.19. The van der Waals surface area contributed by atoms with E-state index in [4.69, 9.17) is 16.3 Å². The van der Waals surface area contributed by atoms with Gasteiger partial charge in [0, 0.05) is 34.9 Å². The number of carbonyl (C=O) groups excluding carboxylic acids is 1. The zero-order valence-corrected chi connectivity index (χ0v) is 15.7. The molecule has 2 aromatic heterocycles. The van der Waals surface area contributed by atoms with Gasteiger partial charge < -0.3 is 15.4 Å². The van der Waals surface area contributed by atoms with Crippen LogP contribution in [-0.4, -0.2) is 25.6 Å². The van der Waals surface area contributed by atoms with Gasteiger partial charge in [-0.15, -0.1) is 0 Å².